The van der Waals surface area contributed by atoms with Crippen molar-refractivity contribution in [2.45, 2.75) is 81.3 Å². The molecule has 0 radical (unpaired) electrons. The molecule has 4 aromatic rings. The standard InChI is InChI=1S/C46H46F2N4O8/c47-45(48)60-38-22-31(20-30-25-52(44(57)42(30)38)37-14-15-40(55)49-43(37)56)51-18-16-50(17-19-51)26-39(54)46(58)23-34(24-46)59-33-10-6-28(7-11-33)41-35(27-4-2-1-3-5-27)12-8-29-21-32(53)9-13-36(29)41/h1-7,9-11,13,20-22,34-35,37,41,45,53,58H,8,12,14-19,23-26H2,(H,49,55,56)/t34?,35-,37?,41+,46?/m1/s1. The van der Waals surface area contributed by atoms with Gasteiger partial charge in [-0.3, -0.25) is 29.4 Å². The number of amides is 3. The number of rotatable bonds is 11. The van der Waals surface area contributed by atoms with Crippen molar-refractivity contribution in [3.8, 4) is 17.2 Å². The summed E-state index contributed by atoms with van der Waals surface area (Å²) < 4.78 is 38.1. The number of piperazine rings is 1. The van der Waals surface area contributed by atoms with Crippen molar-refractivity contribution < 1.29 is 47.6 Å². The van der Waals surface area contributed by atoms with Crippen LogP contribution in [0.25, 0.3) is 0 Å². The van der Waals surface area contributed by atoms with Crippen LogP contribution in [0, 0.1) is 0 Å². The van der Waals surface area contributed by atoms with Gasteiger partial charge in [0.1, 0.15) is 35.0 Å². The molecular weight excluding hydrogens is 775 g/mol. The Morgan fingerprint density at radius 1 is 0.867 bits per heavy atom. The summed E-state index contributed by atoms with van der Waals surface area (Å²) in [5, 5.41) is 23.7. The van der Waals surface area contributed by atoms with E-state index in [0.717, 1.165) is 24.0 Å². The molecule has 14 heteroatoms. The molecule has 2 saturated heterocycles. The summed E-state index contributed by atoms with van der Waals surface area (Å²) in [6.07, 6.45) is 2.09. The van der Waals surface area contributed by atoms with Crippen LogP contribution in [-0.2, 0) is 27.3 Å². The second kappa shape index (κ2) is 16.0. The van der Waals surface area contributed by atoms with Crippen LogP contribution in [0.2, 0.25) is 0 Å². The average molecular weight is 821 g/mol. The number of benzene rings is 4. The predicted molar refractivity (Wildman–Crippen MR) is 215 cm³/mol. The Labute approximate surface area is 345 Å². The van der Waals surface area contributed by atoms with Crippen LogP contribution in [0.4, 0.5) is 14.5 Å². The molecule has 12 nitrogen and oxygen atoms in total. The Balaban J connectivity index is 0.796. The van der Waals surface area contributed by atoms with Gasteiger partial charge in [0.2, 0.25) is 11.8 Å². The molecule has 3 amide bonds. The van der Waals surface area contributed by atoms with Crippen LogP contribution in [0.5, 0.6) is 17.2 Å². The highest BCUT2D eigenvalue weighted by atomic mass is 19.3. The van der Waals surface area contributed by atoms with Crippen LogP contribution >= 0.6 is 0 Å². The molecule has 0 spiro atoms. The third-order valence-corrected chi connectivity index (χ3v) is 12.9. The average Bonchev–Trinajstić information content (AvgIpc) is 3.56. The van der Waals surface area contributed by atoms with Crippen LogP contribution in [0.15, 0.2) is 84.9 Å². The number of nitrogens with one attached hydrogen (secondary N) is 1. The van der Waals surface area contributed by atoms with Gasteiger partial charge in [0, 0.05) is 69.7 Å². The van der Waals surface area contributed by atoms with Gasteiger partial charge in [-0.25, -0.2) is 0 Å². The van der Waals surface area contributed by atoms with E-state index in [2.05, 4.69) is 41.7 Å². The smallest absolute Gasteiger partial charge is 0.387 e. The summed E-state index contributed by atoms with van der Waals surface area (Å²) in [4.78, 5) is 56.2. The van der Waals surface area contributed by atoms with Crippen molar-refractivity contribution in [2.75, 3.05) is 37.6 Å². The minimum atomic E-state index is -3.18. The number of hydrogen-bond donors (Lipinski definition) is 3. The lowest BCUT2D eigenvalue weighted by Gasteiger charge is -2.43. The number of Topliss-reactive ketones (excluding diaryl/α,β-unsaturated/α-hetero) is 1. The second-order valence-electron chi connectivity index (χ2n) is 16.6. The zero-order valence-corrected chi connectivity index (χ0v) is 32.9. The maximum atomic E-state index is 13.5. The first kappa shape index (κ1) is 39.6. The number of alkyl halides is 2. The highest BCUT2D eigenvalue weighted by molar-refractivity contribution is 6.07. The number of ether oxygens (including phenoxy) is 2. The maximum absolute atomic E-state index is 13.5. The number of phenols is 1. The number of carbonyl (C=O) groups is 4. The van der Waals surface area contributed by atoms with Gasteiger partial charge in [-0.15, -0.1) is 0 Å². The van der Waals surface area contributed by atoms with E-state index in [9.17, 15) is 38.2 Å². The fourth-order valence-electron chi connectivity index (χ4n) is 9.77. The van der Waals surface area contributed by atoms with Gasteiger partial charge >= 0.3 is 6.61 Å². The Morgan fingerprint density at radius 3 is 2.33 bits per heavy atom. The van der Waals surface area contributed by atoms with Crippen molar-refractivity contribution in [3.63, 3.8) is 0 Å². The van der Waals surface area contributed by atoms with Crippen LogP contribution < -0.4 is 19.7 Å². The monoisotopic (exact) mass is 820 g/mol. The number of hydrogen-bond acceptors (Lipinski definition) is 10. The molecule has 3 N–H and O–H groups in total. The minimum Gasteiger partial charge on any atom is -0.508 e. The lowest BCUT2D eigenvalue weighted by Crippen LogP contribution is -2.59. The molecule has 3 aliphatic heterocycles. The molecule has 2 aliphatic carbocycles. The van der Waals surface area contributed by atoms with Gasteiger partial charge in [0.05, 0.1) is 12.1 Å². The molecule has 3 atom stereocenters. The third-order valence-electron chi connectivity index (χ3n) is 12.9. The number of phenolic OH excluding ortho intramolecular Hbond substituents is 1. The Kier molecular flexibility index (Phi) is 10.5. The van der Waals surface area contributed by atoms with E-state index in [1.807, 2.05) is 40.1 Å². The van der Waals surface area contributed by atoms with Crippen molar-refractivity contribution in [3.05, 3.63) is 118 Å². The summed E-state index contributed by atoms with van der Waals surface area (Å²) in [5.41, 5.74) is 4.28. The molecule has 1 saturated carbocycles. The second-order valence-corrected chi connectivity index (χ2v) is 16.6. The Morgan fingerprint density at radius 2 is 1.62 bits per heavy atom. The first-order valence-electron chi connectivity index (χ1n) is 20.5. The van der Waals surface area contributed by atoms with E-state index < -0.39 is 36.0 Å². The van der Waals surface area contributed by atoms with E-state index in [4.69, 9.17) is 9.47 Å². The molecule has 312 valence electrons. The molecule has 0 bridgehead atoms. The number of aromatic hydroxyl groups is 1. The van der Waals surface area contributed by atoms with Gasteiger partial charge in [-0.05, 0) is 83.3 Å². The maximum Gasteiger partial charge on any atom is 0.387 e. The molecule has 0 aromatic heterocycles. The number of aliphatic hydroxyl groups is 1. The number of anilines is 1. The Bertz CT molecular complexity index is 2310. The third kappa shape index (κ3) is 7.69. The first-order valence-corrected chi connectivity index (χ1v) is 20.5. The summed E-state index contributed by atoms with van der Waals surface area (Å²) in [6.45, 7) is -1.28. The first-order chi connectivity index (χ1) is 28.9. The molecule has 1 unspecified atom stereocenters. The normalized spacial score (nSPS) is 25.4. The molecule has 9 rings (SSSR count). The van der Waals surface area contributed by atoms with Gasteiger partial charge in [-0.1, -0.05) is 48.5 Å². The Hall–Kier alpha value is -5.86. The number of nitrogens with zero attached hydrogens (tertiary/aromatic N) is 3. The van der Waals surface area contributed by atoms with E-state index in [1.54, 1.807) is 12.1 Å². The van der Waals surface area contributed by atoms with Crippen molar-refractivity contribution in [2.24, 2.45) is 0 Å². The number of halogens is 2. The molecule has 3 heterocycles. The van der Waals surface area contributed by atoms with Gasteiger partial charge < -0.3 is 29.5 Å². The molecule has 3 fully saturated rings. The van der Waals surface area contributed by atoms with E-state index >= 15 is 0 Å². The van der Waals surface area contributed by atoms with E-state index in [-0.39, 0.29) is 79.6 Å². The van der Waals surface area contributed by atoms with Gasteiger partial charge in [-0.2, -0.15) is 8.78 Å². The van der Waals surface area contributed by atoms with Crippen molar-refractivity contribution in [1.29, 1.82) is 0 Å². The predicted octanol–water partition coefficient (Wildman–Crippen LogP) is 5.28. The number of aryl methyl sites for hydroxylation is 1. The van der Waals surface area contributed by atoms with E-state index in [0.29, 0.717) is 43.2 Å². The van der Waals surface area contributed by atoms with Gasteiger partial charge in [0.15, 0.2) is 5.78 Å². The summed E-state index contributed by atoms with van der Waals surface area (Å²) in [7, 11) is 0. The zero-order chi connectivity index (χ0) is 41.7. The van der Waals surface area contributed by atoms with Crippen LogP contribution in [-0.4, -0.2) is 101 Å². The minimum absolute atomic E-state index is 0.00830. The molecular formula is C46H46F2N4O8. The molecule has 4 aromatic carbocycles. The highest BCUT2D eigenvalue weighted by Gasteiger charge is 2.50. The van der Waals surface area contributed by atoms with Crippen molar-refractivity contribution >= 4 is 29.2 Å². The fraction of sp³-hybridized carbons (Fsp3) is 0.391. The molecule has 60 heavy (non-hydrogen) atoms. The lowest BCUT2D eigenvalue weighted by atomic mass is 9.69. The quantitative estimate of drug-likeness (QED) is 0.171. The SMILES string of the molecule is O=C1CCC(N2Cc3cc(N4CCN(CC(=O)C5(O)CC(Oc6ccc([C@@H]7c8ccc(O)cc8CC[C@@H]7c7ccccc7)cc6)C5)CC4)cc(OC(F)F)c3C2=O)C(=O)N1. The summed E-state index contributed by atoms with van der Waals surface area (Å²) in [5.74, 6) is -0.874. The fourth-order valence-corrected chi connectivity index (χ4v) is 9.77. The summed E-state index contributed by atoms with van der Waals surface area (Å²) >= 11 is 0. The number of piperidine rings is 1. The van der Waals surface area contributed by atoms with Crippen molar-refractivity contribution in [1.82, 2.24) is 15.1 Å². The number of imide groups is 1. The largest absolute Gasteiger partial charge is 0.508 e. The van der Waals surface area contributed by atoms with Crippen LogP contribution in [0.3, 0.4) is 0 Å². The lowest BCUT2D eigenvalue weighted by molar-refractivity contribution is -0.159. The zero-order valence-electron chi connectivity index (χ0n) is 32.9. The van der Waals surface area contributed by atoms with E-state index in [1.165, 1.54) is 22.1 Å². The molecule has 5 aliphatic rings. The number of ketones is 1. The summed E-state index contributed by atoms with van der Waals surface area (Å²) in [6, 6.07) is 26.5. The number of fused-ring (bicyclic) bond motifs is 2. The van der Waals surface area contributed by atoms with Gasteiger partial charge in [0.25, 0.3) is 5.91 Å². The van der Waals surface area contributed by atoms with Crippen LogP contribution in [0.1, 0.15) is 82.1 Å². The topological polar surface area (TPSA) is 149 Å². The highest BCUT2D eigenvalue weighted by Crippen LogP contribution is 2.47. The number of carbonyl (C=O) groups excluding carboxylic acids is 4.